The summed E-state index contributed by atoms with van der Waals surface area (Å²) in [6.45, 7) is 4.95. The quantitative estimate of drug-likeness (QED) is 0.330. The van der Waals surface area contributed by atoms with Gasteiger partial charge < -0.3 is 9.64 Å². The van der Waals surface area contributed by atoms with E-state index in [0.29, 0.717) is 11.9 Å². The maximum atomic E-state index is 13.4. The fourth-order valence-electron chi connectivity index (χ4n) is 4.73. The van der Waals surface area contributed by atoms with E-state index >= 15 is 0 Å². The van der Waals surface area contributed by atoms with Crippen molar-refractivity contribution in [3.05, 3.63) is 89.1 Å². The molecule has 5 rings (SSSR count). The van der Waals surface area contributed by atoms with Crippen molar-refractivity contribution in [2.45, 2.75) is 58.1 Å². The van der Waals surface area contributed by atoms with Crippen LogP contribution in [-0.4, -0.2) is 40.2 Å². The molecule has 174 valence electrons. The van der Waals surface area contributed by atoms with Gasteiger partial charge in [0.25, 0.3) is 5.91 Å². The van der Waals surface area contributed by atoms with Crippen molar-refractivity contribution in [3.8, 4) is 5.88 Å². The van der Waals surface area contributed by atoms with E-state index in [1.165, 1.54) is 5.56 Å². The van der Waals surface area contributed by atoms with Crippen LogP contribution in [0.1, 0.15) is 66.6 Å². The van der Waals surface area contributed by atoms with Crippen molar-refractivity contribution >= 4 is 17.3 Å². The molecule has 3 aromatic rings. The number of benzene rings is 2. The number of aliphatic imine (C=N–C) groups is 1. The molecule has 1 amide bonds. The third kappa shape index (κ3) is 4.60. The van der Waals surface area contributed by atoms with Crippen molar-refractivity contribution in [2.24, 2.45) is 4.99 Å². The van der Waals surface area contributed by atoms with Gasteiger partial charge in [-0.05, 0) is 68.9 Å². The van der Waals surface area contributed by atoms with Crippen LogP contribution in [-0.2, 0) is 6.42 Å². The number of aromatic nitrogens is 1. The van der Waals surface area contributed by atoms with E-state index < -0.39 is 0 Å². The van der Waals surface area contributed by atoms with Crippen LogP contribution in [0.4, 0.5) is 5.69 Å². The number of ether oxygens (including phenoxy) is 1. The van der Waals surface area contributed by atoms with E-state index in [1.807, 2.05) is 43.3 Å². The van der Waals surface area contributed by atoms with E-state index in [-0.39, 0.29) is 12.0 Å². The van der Waals surface area contributed by atoms with Gasteiger partial charge in [-0.15, -0.1) is 0 Å². The second kappa shape index (κ2) is 9.80. The van der Waals surface area contributed by atoms with Gasteiger partial charge >= 0.3 is 0 Å². The average molecular weight is 454 g/mol. The molecule has 5 heteroatoms. The van der Waals surface area contributed by atoms with Gasteiger partial charge in [0.05, 0.1) is 17.5 Å². The van der Waals surface area contributed by atoms with Crippen molar-refractivity contribution in [2.75, 3.05) is 6.54 Å². The second-order valence-electron chi connectivity index (χ2n) is 9.23. The molecular weight excluding hydrogens is 422 g/mol. The fourth-order valence-corrected chi connectivity index (χ4v) is 4.73. The summed E-state index contributed by atoms with van der Waals surface area (Å²) in [6.07, 6.45) is 7.02. The lowest BCUT2D eigenvalue weighted by Crippen LogP contribution is -2.36. The monoisotopic (exact) mass is 453 g/mol. The smallest absolute Gasteiger partial charge is 0.254 e. The van der Waals surface area contributed by atoms with E-state index in [1.54, 1.807) is 6.20 Å². The first-order valence-corrected chi connectivity index (χ1v) is 12.3. The Morgan fingerprint density at radius 1 is 1.15 bits per heavy atom. The highest BCUT2D eigenvalue weighted by molar-refractivity contribution is 6.22. The number of hydrogen-bond acceptors (Lipinski definition) is 4. The largest absolute Gasteiger partial charge is 0.475 e. The van der Waals surface area contributed by atoms with Gasteiger partial charge in [0, 0.05) is 41.5 Å². The zero-order chi connectivity index (χ0) is 23.5. The van der Waals surface area contributed by atoms with Crippen LogP contribution in [0.5, 0.6) is 5.88 Å². The van der Waals surface area contributed by atoms with Crippen LogP contribution in [0.2, 0.25) is 0 Å². The number of rotatable bonds is 8. The Balaban J connectivity index is 1.27. The van der Waals surface area contributed by atoms with Crippen molar-refractivity contribution in [1.29, 1.82) is 0 Å². The Bertz CT molecular complexity index is 1190. The minimum absolute atomic E-state index is 0.125. The van der Waals surface area contributed by atoms with E-state index in [0.717, 1.165) is 66.7 Å². The van der Waals surface area contributed by atoms with Crippen LogP contribution < -0.4 is 4.74 Å². The molecule has 0 bridgehead atoms. The minimum Gasteiger partial charge on any atom is -0.475 e. The summed E-state index contributed by atoms with van der Waals surface area (Å²) in [5, 5.41) is 0. The Morgan fingerprint density at radius 2 is 2.00 bits per heavy atom. The molecule has 0 spiro atoms. The summed E-state index contributed by atoms with van der Waals surface area (Å²) < 4.78 is 5.78. The molecule has 1 saturated heterocycles. The maximum Gasteiger partial charge on any atom is 0.254 e. The molecule has 5 nitrogen and oxygen atoms in total. The molecule has 0 saturated carbocycles. The summed E-state index contributed by atoms with van der Waals surface area (Å²) in [5.41, 5.74) is 5.84. The molecule has 3 heterocycles. The zero-order valence-electron chi connectivity index (χ0n) is 19.9. The number of carbonyl (C=O) groups is 1. The van der Waals surface area contributed by atoms with Crippen LogP contribution >= 0.6 is 0 Å². The number of amides is 1. The number of likely N-dealkylation sites (tertiary alicyclic amines) is 1. The highest BCUT2D eigenvalue weighted by atomic mass is 16.5. The average Bonchev–Trinajstić information content (AvgIpc) is 3.33. The van der Waals surface area contributed by atoms with Crippen molar-refractivity contribution in [1.82, 2.24) is 9.88 Å². The number of aryl methyl sites for hydroxylation is 1. The van der Waals surface area contributed by atoms with Gasteiger partial charge in [0.1, 0.15) is 0 Å². The predicted octanol–water partition coefficient (Wildman–Crippen LogP) is 5.98. The third-order valence-electron chi connectivity index (χ3n) is 6.88. The van der Waals surface area contributed by atoms with E-state index in [2.05, 4.69) is 46.1 Å². The highest BCUT2D eigenvalue weighted by Crippen LogP contribution is 2.34. The van der Waals surface area contributed by atoms with Gasteiger partial charge in [0.2, 0.25) is 5.88 Å². The van der Waals surface area contributed by atoms with Gasteiger partial charge in [-0.25, -0.2) is 9.98 Å². The molecule has 34 heavy (non-hydrogen) atoms. The predicted molar refractivity (Wildman–Crippen MR) is 135 cm³/mol. The number of nitrogens with zero attached hydrogens (tertiary/aromatic N) is 3. The molecule has 2 unspecified atom stereocenters. The third-order valence-corrected chi connectivity index (χ3v) is 6.88. The molecular formula is C29H31N3O2. The molecule has 1 aromatic heterocycles. The summed E-state index contributed by atoms with van der Waals surface area (Å²) in [5.74, 6) is 0.748. The number of fused-ring (bicyclic) bond motifs is 1. The number of hydrogen-bond donors (Lipinski definition) is 0. The van der Waals surface area contributed by atoms with Gasteiger partial charge in [-0.3, -0.25) is 4.79 Å². The van der Waals surface area contributed by atoms with Gasteiger partial charge in [-0.1, -0.05) is 37.3 Å². The van der Waals surface area contributed by atoms with E-state index in [4.69, 9.17) is 4.74 Å². The molecule has 0 aliphatic carbocycles. The summed E-state index contributed by atoms with van der Waals surface area (Å²) in [7, 11) is 0. The Morgan fingerprint density at radius 3 is 2.76 bits per heavy atom. The lowest BCUT2D eigenvalue weighted by atomic mass is 9.94. The normalized spacial score (nSPS) is 17.5. The van der Waals surface area contributed by atoms with Crippen LogP contribution in [0.15, 0.2) is 71.9 Å². The summed E-state index contributed by atoms with van der Waals surface area (Å²) in [4.78, 5) is 24.6. The Kier molecular flexibility index (Phi) is 6.43. The first kappa shape index (κ1) is 22.3. The molecule has 2 aliphatic heterocycles. The maximum absolute atomic E-state index is 13.4. The van der Waals surface area contributed by atoms with Crippen LogP contribution in [0.3, 0.4) is 0 Å². The molecule has 0 radical (unpaired) electrons. The van der Waals surface area contributed by atoms with Crippen LogP contribution in [0, 0.1) is 0 Å². The number of carbonyl (C=O) groups excluding carboxylic acids is 1. The Labute approximate surface area is 201 Å². The fraction of sp³-hybridized carbons (Fsp3) is 0.345. The summed E-state index contributed by atoms with van der Waals surface area (Å²) in [6, 6.07) is 20.6. The lowest BCUT2D eigenvalue weighted by molar-refractivity contribution is 0.0730. The molecule has 2 aliphatic rings. The highest BCUT2D eigenvalue weighted by Gasteiger charge is 2.30. The standard InChI is InChI=1S/C29H31N3O2/c1-3-20(2)34-27-16-13-23(19-30-27)28-25-18-22(12-15-26(25)31-28)29(33)32-17-7-10-24(32)14-11-21-8-5-4-6-9-21/h4-6,8-9,12-13,15-16,18-20,24H,3,7,10-11,14,17H2,1-2H3. The molecule has 2 aromatic carbocycles. The summed E-state index contributed by atoms with van der Waals surface area (Å²) >= 11 is 0. The van der Waals surface area contributed by atoms with Crippen molar-refractivity contribution in [3.63, 3.8) is 0 Å². The first-order valence-electron chi connectivity index (χ1n) is 12.3. The van der Waals surface area contributed by atoms with Gasteiger partial charge in [0.15, 0.2) is 0 Å². The number of pyridine rings is 1. The van der Waals surface area contributed by atoms with Crippen LogP contribution in [0.25, 0.3) is 0 Å². The molecule has 2 atom stereocenters. The first-order chi connectivity index (χ1) is 16.6. The Hall–Kier alpha value is -3.47. The molecule has 0 N–H and O–H groups in total. The second-order valence-corrected chi connectivity index (χ2v) is 9.23. The topological polar surface area (TPSA) is 54.8 Å². The molecule has 1 fully saturated rings. The van der Waals surface area contributed by atoms with E-state index in [9.17, 15) is 4.79 Å². The SMILES string of the molecule is CCC(C)Oc1ccc(C2=Nc3ccc(C(=O)N4CCCC4CCc4ccccc4)cc32)cn1. The van der Waals surface area contributed by atoms with Crippen molar-refractivity contribution < 1.29 is 9.53 Å². The lowest BCUT2D eigenvalue weighted by Gasteiger charge is -2.26. The minimum atomic E-state index is 0.125. The van der Waals surface area contributed by atoms with Gasteiger partial charge in [-0.2, -0.15) is 0 Å². The zero-order valence-corrected chi connectivity index (χ0v) is 19.9.